The zero-order valence-electron chi connectivity index (χ0n) is 9.70. The first-order chi connectivity index (χ1) is 6.98. The molecule has 0 bridgehead atoms. The van der Waals surface area contributed by atoms with E-state index in [0.717, 1.165) is 16.7 Å². The Morgan fingerprint density at radius 2 is 1.80 bits per heavy atom. The third kappa shape index (κ3) is 1.84. The Morgan fingerprint density at radius 1 is 1.07 bits per heavy atom. The summed E-state index contributed by atoms with van der Waals surface area (Å²) < 4.78 is 0. The van der Waals surface area contributed by atoms with Gasteiger partial charge in [-0.25, -0.2) is 9.97 Å². The summed E-state index contributed by atoms with van der Waals surface area (Å²) in [5, 5.41) is 1.14. The van der Waals surface area contributed by atoms with E-state index in [1.807, 2.05) is 12.3 Å². The fourth-order valence-electron chi connectivity index (χ4n) is 1.58. The number of hydrogen-bond donors (Lipinski definition) is 0. The highest BCUT2D eigenvalue weighted by atomic mass is 14.8. The van der Waals surface area contributed by atoms with Crippen molar-refractivity contribution < 1.29 is 0 Å². The average Bonchev–Trinajstić information content (AvgIpc) is 2.16. The molecule has 2 aromatic heterocycles. The Labute approximate surface area is 90.4 Å². The quantitative estimate of drug-likeness (QED) is 0.652. The lowest BCUT2D eigenvalue weighted by Crippen LogP contribution is -2.13. The van der Waals surface area contributed by atoms with E-state index >= 15 is 0 Å². The summed E-state index contributed by atoms with van der Waals surface area (Å²) in [6.07, 6.45) is 1.82. The third-order valence-electron chi connectivity index (χ3n) is 2.59. The molecule has 0 aliphatic rings. The second kappa shape index (κ2) is 3.30. The summed E-state index contributed by atoms with van der Waals surface area (Å²) in [7, 11) is 0. The van der Waals surface area contributed by atoms with Crippen LogP contribution in [-0.2, 0) is 5.41 Å². The van der Waals surface area contributed by atoms with Crippen molar-refractivity contribution >= 4 is 11.0 Å². The Morgan fingerprint density at radius 3 is 2.47 bits per heavy atom. The molecule has 0 aliphatic heterocycles. The minimum Gasteiger partial charge on any atom is -0.237 e. The normalized spacial score (nSPS) is 12.0. The van der Waals surface area contributed by atoms with Crippen LogP contribution in [0.3, 0.4) is 0 Å². The predicted molar refractivity (Wildman–Crippen MR) is 63.0 cm³/mol. The summed E-state index contributed by atoms with van der Waals surface area (Å²) in [5.41, 5.74) is 3.25. The number of pyridine rings is 2. The van der Waals surface area contributed by atoms with Gasteiger partial charge in [0.15, 0.2) is 5.65 Å². The van der Waals surface area contributed by atoms with E-state index in [4.69, 9.17) is 0 Å². The van der Waals surface area contributed by atoms with E-state index in [9.17, 15) is 0 Å². The fraction of sp³-hybridized carbons (Fsp3) is 0.385. The molecule has 0 atom stereocenters. The van der Waals surface area contributed by atoms with Gasteiger partial charge >= 0.3 is 0 Å². The largest absolute Gasteiger partial charge is 0.237 e. The zero-order valence-corrected chi connectivity index (χ0v) is 9.70. The van der Waals surface area contributed by atoms with Gasteiger partial charge in [-0.1, -0.05) is 20.8 Å². The number of hydrogen-bond acceptors (Lipinski definition) is 2. The maximum Gasteiger partial charge on any atom is 0.159 e. The number of nitrogens with zero attached hydrogens (tertiary/aromatic N) is 2. The maximum absolute atomic E-state index is 4.60. The highest BCUT2D eigenvalue weighted by Crippen LogP contribution is 2.23. The molecular formula is C13H16N2. The molecule has 0 saturated heterocycles. The first-order valence-corrected chi connectivity index (χ1v) is 5.21. The lowest BCUT2D eigenvalue weighted by atomic mass is 9.91. The Hall–Kier alpha value is -1.44. The van der Waals surface area contributed by atoms with Crippen LogP contribution in [0.4, 0.5) is 0 Å². The Bertz CT molecular complexity index is 495. The molecule has 78 valence electrons. The minimum absolute atomic E-state index is 0.0830. The summed E-state index contributed by atoms with van der Waals surface area (Å²) in [5.74, 6) is 0. The molecule has 15 heavy (non-hydrogen) atoms. The lowest BCUT2D eigenvalue weighted by molar-refractivity contribution is 0.571. The van der Waals surface area contributed by atoms with Crippen molar-refractivity contribution in [2.45, 2.75) is 33.1 Å². The fourth-order valence-corrected chi connectivity index (χ4v) is 1.58. The number of aromatic nitrogens is 2. The molecule has 2 heteroatoms. The van der Waals surface area contributed by atoms with Gasteiger partial charge in [0.05, 0.1) is 0 Å². The Balaban J connectivity index is 2.68. The molecule has 2 heterocycles. The number of aryl methyl sites for hydroxylation is 1. The molecule has 0 aromatic carbocycles. The minimum atomic E-state index is 0.0830. The van der Waals surface area contributed by atoms with Crippen LogP contribution in [0.1, 0.15) is 32.0 Å². The molecule has 2 aromatic rings. The SMILES string of the molecule is Cc1ccnc2nc(C(C)(C)C)ccc12. The molecule has 0 fully saturated rings. The van der Waals surface area contributed by atoms with Gasteiger partial charge in [-0.2, -0.15) is 0 Å². The number of rotatable bonds is 0. The molecule has 0 unspecified atom stereocenters. The molecule has 2 rings (SSSR count). The molecule has 0 N–H and O–H groups in total. The molecule has 0 saturated carbocycles. The highest BCUT2D eigenvalue weighted by molar-refractivity contribution is 5.78. The maximum atomic E-state index is 4.60. The van der Waals surface area contributed by atoms with E-state index < -0.39 is 0 Å². The van der Waals surface area contributed by atoms with Crippen molar-refractivity contribution in [3.8, 4) is 0 Å². The van der Waals surface area contributed by atoms with Gasteiger partial charge in [-0.05, 0) is 30.7 Å². The van der Waals surface area contributed by atoms with Crippen LogP contribution >= 0.6 is 0 Å². The lowest BCUT2D eigenvalue weighted by Gasteiger charge is -2.17. The van der Waals surface area contributed by atoms with Gasteiger partial charge in [0, 0.05) is 22.7 Å². The van der Waals surface area contributed by atoms with E-state index in [-0.39, 0.29) is 5.41 Å². The van der Waals surface area contributed by atoms with Crippen molar-refractivity contribution in [2.24, 2.45) is 0 Å². The average molecular weight is 200 g/mol. The van der Waals surface area contributed by atoms with Crippen molar-refractivity contribution in [1.82, 2.24) is 9.97 Å². The standard InChI is InChI=1S/C13H16N2/c1-9-7-8-14-12-10(9)5-6-11(15-12)13(2,3)4/h5-8H,1-4H3. The molecule has 0 radical (unpaired) electrons. The summed E-state index contributed by atoms with van der Waals surface area (Å²) in [4.78, 5) is 8.90. The van der Waals surface area contributed by atoms with Crippen LogP contribution in [0, 0.1) is 6.92 Å². The van der Waals surface area contributed by atoms with Crippen LogP contribution in [-0.4, -0.2) is 9.97 Å². The Kier molecular flexibility index (Phi) is 2.22. The van der Waals surface area contributed by atoms with Gasteiger partial charge in [0.1, 0.15) is 0 Å². The van der Waals surface area contributed by atoms with Crippen molar-refractivity contribution in [3.05, 3.63) is 35.7 Å². The molecule has 0 amide bonds. The second-order valence-corrected chi connectivity index (χ2v) is 4.95. The van der Waals surface area contributed by atoms with Gasteiger partial charge in [-0.15, -0.1) is 0 Å². The first-order valence-electron chi connectivity index (χ1n) is 5.21. The smallest absolute Gasteiger partial charge is 0.159 e. The van der Waals surface area contributed by atoms with E-state index in [1.54, 1.807) is 0 Å². The van der Waals surface area contributed by atoms with Crippen LogP contribution in [0.25, 0.3) is 11.0 Å². The highest BCUT2D eigenvalue weighted by Gasteiger charge is 2.15. The zero-order chi connectivity index (χ0) is 11.1. The van der Waals surface area contributed by atoms with Gasteiger partial charge < -0.3 is 0 Å². The topological polar surface area (TPSA) is 25.8 Å². The summed E-state index contributed by atoms with van der Waals surface area (Å²) in [6.45, 7) is 8.58. The summed E-state index contributed by atoms with van der Waals surface area (Å²) >= 11 is 0. The van der Waals surface area contributed by atoms with Crippen molar-refractivity contribution in [1.29, 1.82) is 0 Å². The van der Waals surface area contributed by atoms with Crippen molar-refractivity contribution in [3.63, 3.8) is 0 Å². The van der Waals surface area contributed by atoms with Crippen LogP contribution in [0.5, 0.6) is 0 Å². The van der Waals surface area contributed by atoms with E-state index in [1.165, 1.54) is 5.56 Å². The van der Waals surface area contributed by atoms with Gasteiger partial charge in [0.25, 0.3) is 0 Å². The predicted octanol–water partition coefficient (Wildman–Crippen LogP) is 3.24. The molecular weight excluding hydrogens is 184 g/mol. The molecule has 0 aliphatic carbocycles. The summed E-state index contributed by atoms with van der Waals surface area (Å²) in [6, 6.07) is 6.23. The molecule has 0 spiro atoms. The van der Waals surface area contributed by atoms with Crippen LogP contribution < -0.4 is 0 Å². The van der Waals surface area contributed by atoms with E-state index in [0.29, 0.717) is 0 Å². The van der Waals surface area contributed by atoms with Gasteiger partial charge in [0.2, 0.25) is 0 Å². The van der Waals surface area contributed by atoms with Crippen LogP contribution in [0.15, 0.2) is 24.4 Å². The van der Waals surface area contributed by atoms with E-state index in [2.05, 4.69) is 49.8 Å². The second-order valence-electron chi connectivity index (χ2n) is 4.95. The van der Waals surface area contributed by atoms with Gasteiger partial charge in [-0.3, -0.25) is 0 Å². The number of fused-ring (bicyclic) bond motifs is 1. The molecule has 2 nitrogen and oxygen atoms in total. The van der Waals surface area contributed by atoms with Crippen molar-refractivity contribution in [2.75, 3.05) is 0 Å². The monoisotopic (exact) mass is 200 g/mol. The first kappa shape index (κ1) is 10.1. The van der Waals surface area contributed by atoms with Crippen LogP contribution in [0.2, 0.25) is 0 Å². The third-order valence-corrected chi connectivity index (χ3v) is 2.59.